The highest BCUT2D eigenvalue weighted by molar-refractivity contribution is 7.99. The number of aromatic nitrogens is 4. The van der Waals surface area contributed by atoms with Crippen molar-refractivity contribution < 1.29 is 9.53 Å². The van der Waals surface area contributed by atoms with E-state index < -0.39 is 0 Å². The van der Waals surface area contributed by atoms with E-state index in [1.807, 2.05) is 16.2 Å². The van der Waals surface area contributed by atoms with Gasteiger partial charge >= 0.3 is 0 Å². The number of aryl methyl sites for hydroxylation is 1. The van der Waals surface area contributed by atoms with E-state index in [9.17, 15) is 4.79 Å². The molecular weight excluding hydrogens is 418 g/mol. The minimum Gasteiger partial charge on any atom is -0.378 e. The van der Waals surface area contributed by atoms with E-state index in [1.54, 1.807) is 0 Å². The fourth-order valence-electron chi connectivity index (χ4n) is 4.35. The largest absolute Gasteiger partial charge is 0.378 e. The Morgan fingerprint density at radius 1 is 1.30 bits per heavy atom. The SMILES string of the molecule is CC(C)c1nc2sc3c(c2c2nnc(SCC(=O)N4CCOCC4)n12)CC[C@@H](C)C3. The predicted molar refractivity (Wildman–Crippen MR) is 120 cm³/mol. The van der Waals surface area contributed by atoms with Crippen molar-refractivity contribution in [2.75, 3.05) is 32.1 Å². The lowest BCUT2D eigenvalue weighted by Crippen LogP contribution is -2.41. The number of morpholine rings is 1. The highest BCUT2D eigenvalue weighted by Crippen LogP contribution is 2.40. The second-order valence-electron chi connectivity index (χ2n) is 8.58. The van der Waals surface area contributed by atoms with Crippen LogP contribution < -0.4 is 0 Å². The highest BCUT2D eigenvalue weighted by atomic mass is 32.2. The number of hydrogen-bond acceptors (Lipinski definition) is 7. The smallest absolute Gasteiger partial charge is 0.233 e. The van der Waals surface area contributed by atoms with Crippen LogP contribution in [-0.4, -0.2) is 62.4 Å². The number of carbonyl (C=O) groups is 1. The standard InChI is InChI=1S/C21H27N5O2S2/c1-12(2)18-22-20-17(14-5-4-13(3)10-15(14)30-20)19-23-24-21(26(18)19)29-11-16(27)25-6-8-28-9-7-25/h12-13H,4-11H2,1-3H3/t13-/m1/s1. The first-order chi connectivity index (χ1) is 14.5. The molecule has 0 N–H and O–H groups in total. The van der Waals surface area contributed by atoms with Gasteiger partial charge in [0.25, 0.3) is 0 Å². The van der Waals surface area contributed by atoms with Gasteiger partial charge in [-0.25, -0.2) is 4.98 Å². The highest BCUT2D eigenvalue weighted by Gasteiger charge is 2.27. The molecule has 1 atom stereocenters. The molecule has 7 nitrogen and oxygen atoms in total. The maximum absolute atomic E-state index is 12.6. The number of thiophene rings is 1. The van der Waals surface area contributed by atoms with Gasteiger partial charge in [0.05, 0.1) is 24.4 Å². The van der Waals surface area contributed by atoms with Gasteiger partial charge in [0, 0.05) is 23.9 Å². The van der Waals surface area contributed by atoms with E-state index >= 15 is 0 Å². The van der Waals surface area contributed by atoms with Gasteiger partial charge in [-0.15, -0.1) is 21.5 Å². The fraction of sp³-hybridized carbons (Fsp3) is 0.619. The number of amides is 1. The first-order valence-corrected chi connectivity index (χ1v) is 12.5. The van der Waals surface area contributed by atoms with Crippen LogP contribution in [0.5, 0.6) is 0 Å². The van der Waals surface area contributed by atoms with E-state index in [0.29, 0.717) is 32.1 Å². The lowest BCUT2D eigenvalue weighted by Gasteiger charge is -2.26. The van der Waals surface area contributed by atoms with Gasteiger partial charge in [-0.3, -0.25) is 9.20 Å². The summed E-state index contributed by atoms with van der Waals surface area (Å²) in [5.41, 5.74) is 2.31. The van der Waals surface area contributed by atoms with Gasteiger partial charge < -0.3 is 9.64 Å². The van der Waals surface area contributed by atoms with Gasteiger partial charge in [0.15, 0.2) is 10.8 Å². The number of ether oxygens (including phenoxy) is 1. The summed E-state index contributed by atoms with van der Waals surface area (Å²) in [6.07, 6.45) is 3.42. The molecule has 0 saturated carbocycles. The van der Waals surface area contributed by atoms with Crippen molar-refractivity contribution in [1.82, 2.24) is 24.5 Å². The maximum Gasteiger partial charge on any atom is 0.233 e. The van der Waals surface area contributed by atoms with Crippen LogP contribution in [0.2, 0.25) is 0 Å². The lowest BCUT2D eigenvalue weighted by molar-refractivity contribution is -0.132. The molecule has 0 bridgehead atoms. The van der Waals surface area contributed by atoms with Gasteiger partial charge in [0.1, 0.15) is 10.7 Å². The Morgan fingerprint density at radius 2 is 2.10 bits per heavy atom. The Kier molecular flexibility index (Phi) is 5.45. The molecule has 9 heteroatoms. The van der Waals surface area contributed by atoms with Crippen LogP contribution in [0.25, 0.3) is 15.9 Å². The predicted octanol–water partition coefficient (Wildman–Crippen LogP) is 3.54. The number of hydrogen-bond donors (Lipinski definition) is 0. The minimum atomic E-state index is 0.127. The summed E-state index contributed by atoms with van der Waals surface area (Å²) in [5, 5.41) is 11.0. The lowest BCUT2D eigenvalue weighted by atomic mass is 9.89. The van der Waals surface area contributed by atoms with Crippen molar-refractivity contribution >= 4 is 44.9 Å². The molecule has 1 aliphatic carbocycles. The van der Waals surface area contributed by atoms with E-state index in [0.717, 1.165) is 40.2 Å². The third-order valence-electron chi connectivity index (χ3n) is 6.00. The first-order valence-electron chi connectivity index (χ1n) is 10.7. The molecule has 5 rings (SSSR count). The Labute approximate surface area is 184 Å². The number of nitrogens with zero attached hydrogens (tertiary/aromatic N) is 5. The molecule has 4 heterocycles. The van der Waals surface area contributed by atoms with Crippen LogP contribution in [-0.2, 0) is 22.4 Å². The summed E-state index contributed by atoms with van der Waals surface area (Å²) < 4.78 is 7.44. The van der Waals surface area contributed by atoms with Crippen LogP contribution >= 0.6 is 23.1 Å². The number of rotatable bonds is 4. The monoisotopic (exact) mass is 445 g/mol. The molecule has 1 amide bonds. The Bertz CT molecular complexity index is 1100. The van der Waals surface area contributed by atoms with Crippen LogP contribution in [0.3, 0.4) is 0 Å². The third kappa shape index (κ3) is 3.50. The summed E-state index contributed by atoms with van der Waals surface area (Å²) in [6.45, 7) is 9.19. The Hall–Kier alpha value is -1.71. The van der Waals surface area contributed by atoms with Crippen LogP contribution in [0, 0.1) is 5.92 Å². The summed E-state index contributed by atoms with van der Waals surface area (Å²) >= 11 is 3.28. The summed E-state index contributed by atoms with van der Waals surface area (Å²) in [6, 6.07) is 0. The van der Waals surface area contributed by atoms with Crippen molar-refractivity contribution in [1.29, 1.82) is 0 Å². The Morgan fingerprint density at radius 3 is 2.87 bits per heavy atom. The molecule has 1 aliphatic heterocycles. The second-order valence-corrected chi connectivity index (χ2v) is 10.6. The fourth-order valence-corrected chi connectivity index (χ4v) is 6.58. The quantitative estimate of drug-likeness (QED) is 0.572. The van der Waals surface area contributed by atoms with E-state index in [-0.39, 0.29) is 11.8 Å². The average molecular weight is 446 g/mol. The molecule has 1 fully saturated rings. The molecule has 0 radical (unpaired) electrons. The molecule has 0 aromatic carbocycles. The van der Waals surface area contributed by atoms with Crippen molar-refractivity contribution in [2.24, 2.45) is 5.92 Å². The third-order valence-corrected chi connectivity index (χ3v) is 8.06. The maximum atomic E-state index is 12.6. The van der Waals surface area contributed by atoms with Crippen LogP contribution in [0.15, 0.2) is 5.16 Å². The van der Waals surface area contributed by atoms with Crippen molar-refractivity contribution in [3.63, 3.8) is 0 Å². The van der Waals surface area contributed by atoms with Gasteiger partial charge in [-0.1, -0.05) is 32.5 Å². The molecule has 1 saturated heterocycles. The average Bonchev–Trinajstić information content (AvgIpc) is 3.32. The molecule has 3 aromatic rings. The number of fused-ring (bicyclic) bond motifs is 5. The summed E-state index contributed by atoms with van der Waals surface area (Å²) in [5.74, 6) is 2.41. The topological polar surface area (TPSA) is 72.6 Å². The van der Waals surface area contributed by atoms with E-state index in [4.69, 9.17) is 9.72 Å². The van der Waals surface area contributed by atoms with Gasteiger partial charge in [-0.05, 0) is 30.7 Å². The normalized spacial score (nSPS) is 19.7. The summed E-state index contributed by atoms with van der Waals surface area (Å²) in [4.78, 5) is 22.1. The van der Waals surface area contributed by atoms with Crippen LogP contribution in [0.1, 0.15) is 49.4 Å². The minimum absolute atomic E-state index is 0.127. The molecule has 0 spiro atoms. The van der Waals surface area contributed by atoms with Gasteiger partial charge in [-0.2, -0.15) is 0 Å². The molecule has 0 unspecified atom stereocenters. The zero-order chi connectivity index (χ0) is 20.8. The zero-order valence-corrected chi connectivity index (χ0v) is 19.3. The first kappa shape index (κ1) is 20.2. The van der Waals surface area contributed by atoms with Crippen LogP contribution in [0.4, 0.5) is 0 Å². The molecule has 2 aliphatic rings. The zero-order valence-electron chi connectivity index (χ0n) is 17.7. The van der Waals surface area contributed by atoms with Crippen molar-refractivity contribution in [3.05, 3.63) is 16.3 Å². The van der Waals surface area contributed by atoms with E-state index in [1.165, 1.54) is 34.0 Å². The Balaban J connectivity index is 1.53. The van der Waals surface area contributed by atoms with E-state index in [2.05, 4.69) is 35.4 Å². The number of thioether (sulfide) groups is 1. The van der Waals surface area contributed by atoms with Gasteiger partial charge in [0.2, 0.25) is 5.91 Å². The van der Waals surface area contributed by atoms with Crippen molar-refractivity contribution in [2.45, 2.75) is 51.1 Å². The van der Waals surface area contributed by atoms with Crippen molar-refractivity contribution in [3.8, 4) is 0 Å². The second kappa shape index (κ2) is 8.09. The number of carbonyl (C=O) groups excluding carboxylic acids is 1. The molecule has 160 valence electrons. The molecular formula is C21H27N5O2S2. The summed E-state index contributed by atoms with van der Waals surface area (Å²) in [7, 11) is 0. The molecule has 3 aromatic heterocycles. The molecule has 30 heavy (non-hydrogen) atoms.